The van der Waals surface area contributed by atoms with Crippen LogP contribution in [0.15, 0.2) is 48.6 Å². The molecular weight excluding hydrogens is 727 g/mol. The summed E-state index contributed by atoms with van der Waals surface area (Å²) in [6, 6.07) is 0. The number of aliphatic hydroxyl groups excluding tert-OH is 5. The molecule has 320 valence electrons. The van der Waals surface area contributed by atoms with Gasteiger partial charge in [0.2, 0.25) is 0 Å². The van der Waals surface area contributed by atoms with Crippen molar-refractivity contribution in [1.82, 2.24) is 0 Å². The van der Waals surface area contributed by atoms with E-state index in [9.17, 15) is 39.8 Å². The Bertz CT molecular complexity index is 1100. The first-order chi connectivity index (χ1) is 26.5. The largest absolute Gasteiger partial charge is 0.472 e. The van der Waals surface area contributed by atoms with Gasteiger partial charge < -0.3 is 39.9 Å². The zero-order valence-corrected chi connectivity index (χ0v) is 34.6. The molecule has 0 heterocycles. The van der Waals surface area contributed by atoms with Gasteiger partial charge in [0, 0.05) is 13.0 Å². The lowest BCUT2D eigenvalue weighted by atomic mass is 9.85. The third-order valence-electron chi connectivity index (χ3n) is 9.47. The lowest BCUT2D eigenvalue weighted by Crippen LogP contribution is -2.64. The van der Waals surface area contributed by atoms with E-state index in [2.05, 4.69) is 62.5 Å². The normalized spacial score (nSPS) is 23.7. The van der Waals surface area contributed by atoms with Gasteiger partial charge in [0.25, 0.3) is 0 Å². The second-order valence-corrected chi connectivity index (χ2v) is 15.9. The topological polar surface area (TPSA) is 192 Å². The number of unbranched alkanes of at least 4 members (excludes halogenated alkanes) is 14. The summed E-state index contributed by atoms with van der Waals surface area (Å²) in [6.07, 6.45) is 26.2. The molecule has 0 spiro atoms. The molecule has 1 saturated carbocycles. The van der Waals surface area contributed by atoms with Crippen LogP contribution in [0.4, 0.5) is 0 Å². The number of allylic oxidation sites excluding steroid dienone is 8. The van der Waals surface area contributed by atoms with Crippen LogP contribution < -0.4 is 0 Å². The van der Waals surface area contributed by atoms with Crippen molar-refractivity contribution in [2.75, 3.05) is 19.8 Å². The van der Waals surface area contributed by atoms with E-state index in [1.54, 1.807) is 0 Å². The highest BCUT2D eigenvalue weighted by Crippen LogP contribution is 2.47. The molecule has 12 nitrogen and oxygen atoms in total. The van der Waals surface area contributed by atoms with Gasteiger partial charge in [-0.05, 0) is 51.4 Å². The first kappa shape index (κ1) is 51.3. The molecule has 0 saturated heterocycles. The number of carbonyl (C=O) groups is 1. The van der Waals surface area contributed by atoms with Crippen molar-refractivity contribution in [3.8, 4) is 0 Å². The lowest BCUT2D eigenvalue weighted by molar-refractivity contribution is -0.220. The highest BCUT2D eigenvalue weighted by molar-refractivity contribution is 7.47. The van der Waals surface area contributed by atoms with Gasteiger partial charge in [-0.3, -0.25) is 13.8 Å². The van der Waals surface area contributed by atoms with Crippen molar-refractivity contribution in [3.05, 3.63) is 48.6 Å². The molecule has 0 aromatic rings. The van der Waals surface area contributed by atoms with Gasteiger partial charge in [0.05, 0.1) is 13.2 Å². The highest BCUT2D eigenvalue weighted by Gasteiger charge is 2.51. The number of rotatable bonds is 34. The van der Waals surface area contributed by atoms with E-state index in [-0.39, 0.29) is 13.0 Å². The summed E-state index contributed by atoms with van der Waals surface area (Å²) in [7, 11) is -5.02. The van der Waals surface area contributed by atoms with E-state index in [0.717, 1.165) is 70.6 Å². The first-order valence-electron chi connectivity index (χ1n) is 21.0. The van der Waals surface area contributed by atoms with Gasteiger partial charge >= 0.3 is 13.8 Å². The molecule has 0 bridgehead atoms. The molecule has 0 aromatic heterocycles. The Kier molecular flexibility index (Phi) is 31.1. The molecule has 1 aliphatic rings. The molecule has 0 amide bonds. The molecule has 1 rings (SSSR count). The Morgan fingerprint density at radius 1 is 0.600 bits per heavy atom. The van der Waals surface area contributed by atoms with E-state index >= 15 is 0 Å². The highest BCUT2D eigenvalue weighted by atomic mass is 31.2. The summed E-state index contributed by atoms with van der Waals surface area (Å²) in [6.45, 7) is 4.05. The third kappa shape index (κ3) is 26.0. The third-order valence-corrected chi connectivity index (χ3v) is 10.5. The fourth-order valence-electron chi connectivity index (χ4n) is 6.11. The molecule has 1 fully saturated rings. The van der Waals surface area contributed by atoms with Crippen LogP contribution >= 0.6 is 7.82 Å². The fourth-order valence-corrected chi connectivity index (χ4v) is 7.08. The van der Waals surface area contributed by atoms with Crippen LogP contribution in [0, 0.1) is 0 Å². The Morgan fingerprint density at radius 3 is 1.62 bits per heavy atom. The van der Waals surface area contributed by atoms with Crippen LogP contribution in [0.3, 0.4) is 0 Å². The minimum absolute atomic E-state index is 0.0979. The van der Waals surface area contributed by atoms with Gasteiger partial charge in [-0.1, -0.05) is 140 Å². The van der Waals surface area contributed by atoms with E-state index < -0.39 is 63.1 Å². The summed E-state index contributed by atoms with van der Waals surface area (Å²) >= 11 is 0. The van der Waals surface area contributed by atoms with Crippen molar-refractivity contribution in [1.29, 1.82) is 0 Å². The predicted octanol–water partition coefficient (Wildman–Crippen LogP) is 7.69. The molecule has 6 N–H and O–H groups in total. The van der Waals surface area contributed by atoms with E-state index in [0.29, 0.717) is 13.0 Å². The molecule has 0 aliphatic heterocycles. The van der Waals surface area contributed by atoms with Crippen LogP contribution in [-0.4, -0.2) is 98.9 Å². The monoisotopic (exact) mass is 802 g/mol. The summed E-state index contributed by atoms with van der Waals surface area (Å²) in [5.74, 6) is -0.491. The zero-order valence-electron chi connectivity index (χ0n) is 33.7. The van der Waals surface area contributed by atoms with Crippen molar-refractivity contribution in [3.63, 3.8) is 0 Å². The number of aliphatic hydroxyl groups is 5. The van der Waals surface area contributed by atoms with E-state index in [1.807, 2.05) is 0 Å². The molecule has 6 atom stereocenters. The fraction of sp³-hybridized carbons (Fsp3) is 0.786. The number of carbonyl (C=O) groups excluding carboxylic acids is 1. The van der Waals surface area contributed by atoms with Crippen LogP contribution in [0.1, 0.15) is 149 Å². The number of esters is 1. The summed E-state index contributed by atoms with van der Waals surface area (Å²) in [4.78, 5) is 23.0. The number of ether oxygens (including phenoxy) is 2. The number of hydrogen-bond donors (Lipinski definition) is 6. The van der Waals surface area contributed by atoms with Gasteiger partial charge in [-0.15, -0.1) is 0 Å². The van der Waals surface area contributed by atoms with Crippen LogP contribution in [0.25, 0.3) is 0 Å². The lowest BCUT2D eigenvalue weighted by Gasteiger charge is -2.41. The molecule has 0 radical (unpaired) electrons. The number of phosphoric acid groups is 1. The smallest absolute Gasteiger partial charge is 0.457 e. The summed E-state index contributed by atoms with van der Waals surface area (Å²) in [5, 5.41) is 50.0. The van der Waals surface area contributed by atoms with Crippen molar-refractivity contribution in [2.24, 2.45) is 0 Å². The molecule has 13 heteroatoms. The first-order valence-corrected chi connectivity index (χ1v) is 22.5. The van der Waals surface area contributed by atoms with Gasteiger partial charge in [0.15, 0.2) is 0 Å². The molecular formula is C42H75O12P. The van der Waals surface area contributed by atoms with Crippen LogP contribution in [0.5, 0.6) is 0 Å². The quantitative estimate of drug-likeness (QED) is 0.0161. The molecule has 6 unspecified atom stereocenters. The van der Waals surface area contributed by atoms with Gasteiger partial charge in [0.1, 0.15) is 42.7 Å². The summed E-state index contributed by atoms with van der Waals surface area (Å²) < 4.78 is 34.0. The SMILES string of the molecule is CC/C=C\C/C=C\C/C=C\C/C=C\CCCCCOCC(COP(=O)(O)OC1C(O)C(O)C(O)C(O)C1O)OC(=O)CCCCCCCCCCCCCC. The predicted molar refractivity (Wildman–Crippen MR) is 216 cm³/mol. The van der Waals surface area contributed by atoms with Crippen molar-refractivity contribution in [2.45, 2.75) is 191 Å². The molecule has 1 aliphatic carbocycles. The maximum Gasteiger partial charge on any atom is 0.472 e. The Balaban J connectivity index is 2.47. The standard InChI is InChI=1S/C42H75O12P/c1-3-5-7-9-11-13-15-17-18-19-20-22-24-26-28-30-32-51-33-35(53-36(43)31-29-27-25-23-21-16-14-12-10-8-6-4-2)34-52-55(49,50)54-42-40(47)38(45)37(44)39(46)41(42)48/h5,7,11,13,17-18,20,22,35,37-42,44-48H,3-4,6,8-10,12,14-16,19,21,23-34H2,1-2H3,(H,49,50)/b7-5-,13-11-,18-17-,22-20-. The summed E-state index contributed by atoms with van der Waals surface area (Å²) in [5.41, 5.74) is 0. The number of hydrogen-bond acceptors (Lipinski definition) is 11. The van der Waals surface area contributed by atoms with Gasteiger partial charge in [-0.2, -0.15) is 0 Å². The maximum atomic E-state index is 12.8. The Labute approximate surface area is 331 Å². The number of phosphoric ester groups is 1. The minimum Gasteiger partial charge on any atom is -0.457 e. The average molecular weight is 803 g/mol. The van der Waals surface area contributed by atoms with E-state index in [4.69, 9.17) is 18.5 Å². The minimum atomic E-state index is -5.02. The van der Waals surface area contributed by atoms with Crippen molar-refractivity contribution >= 4 is 13.8 Å². The Hall–Kier alpha value is -1.70. The molecule has 0 aromatic carbocycles. The second kappa shape index (κ2) is 33.3. The maximum absolute atomic E-state index is 12.8. The van der Waals surface area contributed by atoms with Crippen LogP contribution in [0.2, 0.25) is 0 Å². The van der Waals surface area contributed by atoms with E-state index in [1.165, 1.54) is 51.4 Å². The Morgan fingerprint density at radius 2 is 1.07 bits per heavy atom. The second-order valence-electron chi connectivity index (χ2n) is 14.5. The van der Waals surface area contributed by atoms with Crippen LogP contribution in [-0.2, 0) is 27.9 Å². The average Bonchev–Trinajstić information content (AvgIpc) is 3.17. The zero-order chi connectivity index (χ0) is 40.6. The van der Waals surface area contributed by atoms with Crippen molar-refractivity contribution < 1.29 is 58.3 Å². The molecule has 55 heavy (non-hydrogen) atoms. The van der Waals surface area contributed by atoms with Gasteiger partial charge in [-0.25, -0.2) is 4.57 Å².